The lowest BCUT2D eigenvalue weighted by molar-refractivity contribution is 0.308. The topological polar surface area (TPSA) is 9.23 Å². The zero-order chi connectivity index (χ0) is 5.70. The molecule has 0 aromatic carbocycles. The molecule has 0 heterocycles. The highest BCUT2D eigenvalue weighted by molar-refractivity contribution is 7.40. The Labute approximate surface area is 42.7 Å². The SMILES string of the molecule is CCCOP(F)F. The molecule has 44 valence electrons. The maximum absolute atomic E-state index is 11.1. The summed E-state index contributed by atoms with van der Waals surface area (Å²) >= 11 is 0. The molecular formula is C3H7F2OP. The van der Waals surface area contributed by atoms with Crippen LogP contribution in [0.15, 0.2) is 0 Å². The van der Waals surface area contributed by atoms with Crippen LogP contribution in [0, 0.1) is 0 Å². The van der Waals surface area contributed by atoms with E-state index < -0.39 is 8.77 Å². The summed E-state index contributed by atoms with van der Waals surface area (Å²) in [5.74, 6) is 0. The van der Waals surface area contributed by atoms with Crippen LogP contribution in [0.2, 0.25) is 0 Å². The van der Waals surface area contributed by atoms with E-state index in [1.54, 1.807) is 6.92 Å². The van der Waals surface area contributed by atoms with Gasteiger partial charge in [-0.05, 0) is 6.42 Å². The molecule has 0 spiro atoms. The lowest BCUT2D eigenvalue weighted by Gasteiger charge is -1.93. The van der Waals surface area contributed by atoms with Crippen LogP contribution in [0.4, 0.5) is 8.39 Å². The van der Waals surface area contributed by atoms with E-state index in [1.165, 1.54) is 0 Å². The summed E-state index contributed by atoms with van der Waals surface area (Å²) in [6, 6.07) is 0. The minimum atomic E-state index is -3.11. The summed E-state index contributed by atoms with van der Waals surface area (Å²) in [5, 5.41) is 0. The van der Waals surface area contributed by atoms with Gasteiger partial charge in [0.1, 0.15) is 0 Å². The highest BCUT2D eigenvalue weighted by Crippen LogP contribution is 2.39. The number of rotatable bonds is 3. The number of hydrogen-bond donors (Lipinski definition) is 0. The summed E-state index contributed by atoms with van der Waals surface area (Å²) in [7, 11) is -3.11. The van der Waals surface area contributed by atoms with Gasteiger partial charge in [-0.2, -0.15) is 8.39 Å². The minimum Gasteiger partial charge on any atom is -0.306 e. The van der Waals surface area contributed by atoms with Crippen molar-refractivity contribution in [2.45, 2.75) is 13.3 Å². The summed E-state index contributed by atoms with van der Waals surface area (Å²) in [4.78, 5) is 0. The second-order valence-electron chi connectivity index (χ2n) is 1.04. The van der Waals surface area contributed by atoms with Crippen molar-refractivity contribution < 1.29 is 12.9 Å². The monoisotopic (exact) mass is 128 g/mol. The van der Waals surface area contributed by atoms with Gasteiger partial charge in [0.05, 0.1) is 6.61 Å². The van der Waals surface area contributed by atoms with Crippen LogP contribution < -0.4 is 0 Å². The molecule has 0 saturated carbocycles. The first-order valence-corrected chi connectivity index (χ1v) is 3.06. The van der Waals surface area contributed by atoms with Crippen molar-refractivity contribution in [3.63, 3.8) is 0 Å². The van der Waals surface area contributed by atoms with Crippen LogP contribution in [0.25, 0.3) is 0 Å². The summed E-state index contributed by atoms with van der Waals surface area (Å²) in [6.45, 7) is 1.97. The Balaban J connectivity index is 2.68. The van der Waals surface area contributed by atoms with Crippen LogP contribution in [0.1, 0.15) is 13.3 Å². The van der Waals surface area contributed by atoms with Crippen molar-refractivity contribution in [1.29, 1.82) is 0 Å². The molecular weight excluding hydrogens is 121 g/mol. The highest BCUT2D eigenvalue weighted by Gasteiger charge is 2.00. The molecule has 0 atom stereocenters. The van der Waals surface area contributed by atoms with Crippen molar-refractivity contribution in [1.82, 2.24) is 0 Å². The molecule has 4 heteroatoms. The molecule has 1 nitrogen and oxygen atoms in total. The third kappa shape index (κ3) is 6.25. The Morgan fingerprint density at radius 3 is 2.29 bits per heavy atom. The van der Waals surface area contributed by atoms with E-state index in [4.69, 9.17) is 0 Å². The van der Waals surface area contributed by atoms with Crippen molar-refractivity contribution in [3.05, 3.63) is 0 Å². The molecule has 0 rings (SSSR count). The first kappa shape index (κ1) is 7.25. The standard InChI is InChI=1S/C3H7F2OP/c1-2-3-6-7(4)5/h2-3H2,1H3. The molecule has 0 radical (unpaired) electrons. The lowest BCUT2D eigenvalue weighted by atomic mass is 10.5. The van der Waals surface area contributed by atoms with Crippen LogP contribution in [-0.2, 0) is 4.52 Å². The molecule has 0 aliphatic heterocycles. The Morgan fingerprint density at radius 2 is 2.14 bits per heavy atom. The summed E-state index contributed by atoms with van der Waals surface area (Å²) in [5.41, 5.74) is 0. The van der Waals surface area contributed by atoms with Crippen molar-refractivity contribution >= 4 is 8.77 Å². The molecule has 0 aliphatic carbocycles. The van der Waals surface area contributed by atoms with Gasteiger partial charge in [0.15, 0.2) is 0 Å². The first-order valence-electron chi connectivity index (χ1n) is 2.02. The van der Waals surface area contributed by atoms with E-state index in [2.05, 4.69) is 4.52 Å². The molecule has 0 aromatic heterocycles. The van der Waals surface area contributed by atoms with Gasteiger partial charge in [-0.25, -0.2) is 0 Å². The fourth-order valence-electron chi connectivity index (χ4n) is 0.160. The van der Waals surface area contributed by atoms with Gasteiger partial charge in [0.2, 0.25) is 0 Å². The molecule has 0 bridgehead atoms. The average Bonchev–Trinajstić information content (AvgIpc) is 1.61. The number of halogens is 2. The molecule has 0 saturated heterocycles. The van der Waals surface area contributed by atoms with E-state index in [0.717, 1.165) is 0 Å². The molecule has 0 N–H and O–H groups in total. The third-order valence-corrected chi connectivity index (χ3v) is 0.771. The average molecular weight is 128 g/mol. The molecule has 7 heavy (non-hydrogen) atoms. The van der Waals surface area contributed by atoms with Gasteiger partial charge in [-0.1, -0.05) is 6.92 Å². The second kappa shape index (κ2) is 4.41. The summed E-state index contributed by atoms with van der Waals surface area (Å²) < 4.78 is 26.1. The van der Waals surface area contributed by atoms with Crippen LogP contribution >= 0.6 is 8.77 Å². The van der Waals surface area contributed by atoms with Gasteiger partial charge in [-0.3, -0.25) is 0 Å². The van der Waals surface area contributed by atoms with Crippen molar-refractivity contribution in [3.8, 4) is 0 Å². The molecule has 0 fully saturated rings. The Bertz CT molecular complexity index is 41.9. The van der Waals surface area contributed by atoms with E-state index in [9.17, 15) is 8.39 Å². The quantitative estimate of drug-likeness (QED) is 0.530. The van der Waals surface area contributed by atoms with Gasteiger partial charge < -0.3 is 4.52 Å². The molecule has 0 aliphatic rings. The van der Waals surface area contributed by atoms with E-state index in [0.29, 0.717) is 6.42 Å². The van der Waals surface area contributed by atoms with Gasteiger partial charge in [0.25, 0.3) is 0 Å². The normalized spacial score (nSPS) is 10.3. The van der Waals surface area contributed by atoms with E-state index in [-0.39, 0.29) is 6.61 Å². The zero-order valence-electron chi connectivity index (χ0n) is 4.03. The predicted octanol–water partition coefficient (Wildman–Crippen LogP) is 2.58. The fraction of sp³-hybridized carbons (Fsp3) is 1.00. The maximum Gasteiger partial charge on any atom is 0.415 e. The largest absolute Gasteiger partial charge is 0.415 e. The van der Waals surface area contributed by atoms with Gasteiger partial charge >= 0.3 is 8.77 Å². The second-order valence-corrected chi connectivity index (χ2v) is 1.70. The van der Waals surface area contributed by atoms with Crippen molar-refractivity contribution in [2.24, 2.45) is 0 Å². The van der Waals surface area contributed by atoms with E-state index in [1.807, 2.05) is 0 Å². The summed E-state index contributed by atoms with van der Waals surface area (Å²) in [6.07, 6.45) is 0.659. The fourth-order valence-corrected chi connectivity index (χ4v) is 0.481. The van der Waals surface area contributed by atoms with E-state index >= 15 is 0 Å². The third-order valence-electron chi connectivity index (χ3n) is 0.393. The minimum absolute atomic E-state index is 0.179. The predicted molar refractivity (Wildman–Crippen MR) is 25.4 cm³/mol. The Morgan fingerprint density at radius 1 is 1.57 bits per heavy atom. The van der Waals surface area contributed by atoms with Crippen LogP contribution in [-0.4, -0.2) is 6.61 Å². The van der Waals surface area contributed by atoms with Gasteiger partial charge in [0, 0.05) is 0 Å². The number of hydrogen-bond acceptors (Lipinski definition) is 1. The molecule has 0 unspecified atom stereocenters. The van der Waals surface area contributed by atoms with Gasteiger partial charge in [-0.15, -0.1) is 0 Å². The molecule has 0 aromatic rings. The van der Waals surface area contributed by atoms with Crippen LogP contribution in [0.3, 0.4) is 0 Å². The first-order chi connectivity index (χ1) is 3.27. The van der Waals surface area contributed by atoms with Crippen molar-refractivity contribution in [2.75, 3.05) is 6.61 Å². The van der Waals surface area contributed by atoms with Crippen LogP contribution in [0.5, 0.6) is 0 Å². The Kier molecular flexibility index (Phi) is 4.57. The maximum atomic E-state index is 11.1. The zero-order valence-corrected chi connectivity index (χ0v) is 4.92. The lowest BCUT2D eigenvalue weighted by Crippen LogP contribution is -1.79. The smallest absolute Gasteiger partial charge is 0.306 e. The molecule has 0 amide bonds. The Hall–Kier alpha value is 0.250. The highest BCUT2D eigenvalue weighted by atomic mass is 31.2.